The van der Waals surface area contributed by atoms with Gasteiger partial charge in [0.05, 0.1) is 9.79 Å². The van der Waals surface area contributed by atoms with Crippen molar-refractivity contribution in [2.24, 2.45) is 0 Å². The summed E-state index contributed by atoms with van der Waals surface area (Å²) in [5.74, 6) is 0. The molecule has 1 aliphatic rings. The van der Waals surface area contributed by atoms with Gasteiger partial charge in [-0.3, -0.25) is 0 Å². The third kappa shape index (κ3) is 2.56. The van der Waals surface area contributed by atoms with Crippen LogP contribution in [0.4, 0.5) is 0 Å². The molecule has 1 unspecified atom stereocenters. The Hall–Kier alpha value is -1.70. The molecule has 0 bridgehead atoms. The highest BCUT2D eigenvalue weighted by atomic mass is 79.9. The molecule has 1 aromatic carbocycles. The molecule has 2 aromatic heterocycles. The maximum absolute atomic E-state index is 13.2. The molecular formula is C17H16BrN3O2S. The van der Waals surface area contributed by atoms with Crippen LogP contribution in [-0.2, 0) is 9.84 Å². The Balaban J connectivity index is 1.93. The van der Waals surface area contributed by atoms with E-state index >= 15 is 0 Å². The first-order chi connectivity index (χ1) is 11.6. The summed E-state index contributed by atoms with van der Waals surface area (Å²) in [6, 6.07) is 10.6. The largest absolute Gasteiger partial charge is 0.327 e. The molecule has 1 atom stereocenters. The topological polar surface area (TPSA) is 64.0 Å². The number of pyridine rings is 1. The summed E-state index contributed by atoms with van der Waals surface area (Å²) in [5.41, 5.74) is 0.722. The molecule has 1 saturated heterocycles. The third-order valence-corrected chi connectivity index (χ3v) is 6.65. The van der Waals surface area contributed by atoms with E-state index in [1.54, 1.807) is 36.7 Å². The SMILES string of the molecule is O=S(=O)(c1cccc(Br)c1)c1cn(C2CCNC2)c2ncccc12. The number of fused-ring (bicyclic) bond motifs is 1. The van der Waals surface area contributed by atoms with Gasteiger partial charge in [-0.25, -0.2) is 13.4 Å². The minimum atomic E-state index is -3.61. The van der Waals surface area contributed by atoms with E-state index in [1.807, 2.05) is 16.7 Å². The van der Waals surface area contributed by atoms with Crippen molar-refractivity contribution < 1.29 is 8.42 Å². The molecule has 4 rings (SSSR count). The fourth-order valence-electron chi connectivity index (χ4n) is 3.18. The van der Waals surface area contributed by atoms with Crippen molar-refractivity contribution in [1.29, 1.82) is 0 Å². The first-order valence-corrected chi connectivity index (χ1v) is 10.0. The van der Waals surface area contributed by atoms with Crippen LogP contribution in [0.5, 0.6) is 0 Å². The Labute approximate surface area is 148 Å². The van der Waals surface area contributed by atoms with Crippen LogP contribution in [0.15, 0.2) is 63.1 Å². The molecule has 1 fully saturated rings. The van der Waals surface area contributed by atoms with E-state index in [4.69, 9.17) is 0 Å². The second-order valence-electron chi connectivity index (χ2n) is 5.88. The van der Waals surface area contributed by atoms with Crippen LogP contribution in [0.25, 0.3) is 11.0 Å². The molecule has 7 heteroatoms. The quantitative estimate of drug-likeness (QED) is 0.726. The number of aromatic nitrogens is 2. The minimum absolute atomic E-state index is 0.230. The van der Waals surface area contributed by atoms with Crippen LogP contribution in [0, 0.1) is 0 Å². The summed E-state index contributed by atoms with van der Waals surface area (Å²) < 4.78 is 29.0. The van der Waals surface area contributed by atoms with Gasteiger partial charge < -0.3 is 9.88 Å². The van der Waals surface area contributed by atoms with Gasteiger partial charge in [-0.1, -0.05) is 22.0 Å². The molecule has 3 aromatic rings. The highest BCUT2D eigenvalue weighted by Gasteiger charge is 2.27. The Bertz CT molecular complexity index is 1010. The predicted molar refractivity (Wildman–Crippen MR) is 95.9 cm³/mol. The van der Waals surface area contributed by atoms with Crippen LogP contribution in [-0.4, -0.2) is 31.1 Å². The number of hydrogen-bond acceptors (Lipinski definition) is 4. The number of halogens is 1. The van der Waals surface area contributed by atoms with E-state index in [2.05, 4.69) is 26.2 Å². The lowest BCUT2D eigenvalue weighted by Gasteiger charge is -2.11. The predicted octanol–water partition coefficient (Wildman–Crippen LogP) is 3.17. The Morgan fingerprint density at radius 3 is 2.88 bits per heavy atom. The highest BCUT2D eigenvalue weighted by Crippen LogP contribution is 2.32. The Morgan fingerprint density at radius 2 is 2.12 bits per heavy atom. The smallest absolute Gasteiger partial charge is 0.208 e. The van der Waals surface area contributed by atoms with Gasteiger partial charge in [0.1, 0.15) is 5.65 Å². The lowest BCUT2D eigenvalue weighted by Crippen LogP contribution is -2.13. The Kier molecular flexibility index (Phi) is 3.94. The van der Waals surface area contributed by atoms with E-state index in [1.165, 1.54) is 0 Å². The molecule has 0 aliphatic carbocycles. The van der Waals surface area contributed by atoms with E-state index in [0.29, 0.717) is 10.3 Å². The number of rotatable bonds is 3. The van der Waals surface area contributed by atoms with Crippen molar-refractivity contribution >= 4 is 36.8 Å². The van der Waals surface area contributed by atoms with Gasteiger partial charge in [-0.05, 0) is 43.3 Å². The monoisotopic (exact) mass is 405 g/mol. The van der Waals surface area contributed by atoms with Crippen molar-refractivity contribution in [1.82, 2.24) is 14.9 Å². The van der Waals surface area contributed by atoms with Crippen molar-refractivity contribution in [2.45, 2.75) is 22.3 Å². The third-order valence-electron chi connectivity index (χ3n) is 4.38. The maximum Gasteiger partial charge on any atom is 0.208 e. The zero-order valence-corrected chi connectivity index (χ0v) is 15.2. The van der Waals surface area contributed by atoms with Crippen LogP contribution in [0.3, 0.4) is 0 Å². The Morgan fingerprint density at radius 1 is 1.25 bits per heavy atom. The van der Waals surface area contributed by atoms with Crippen molar-refractivity contribution in [3.05, 3.63) is 53.3 Å². The zero-order chi connectivity index (χ0) is 16.7. The van der Waals surface area contributed by atoms with Gasteiger partial charge in [-0.2, -0.15) is 0 Å². The summed E-state index contributed by atoms with van der Waals surface area (Å²) in [5, 5.41) is 3.99. The molecule has 5 nitrogen and oxygen atoms in total. The zero-order valence-electron chi connectivity index (χ0n) is 12.8. The first kappa shape index (κ1) is 15.8. The number of sulfone groups is 1. The van der Waals surface area contributed by atoms with Crippen molar-refractivity contribution in [3.63, 3.8) is 0 Å². The lowest BCUT2D eigenvalue weighted by molar-refractivity contribution is 0.557. The van der Waals surface area contributed by atoms with E-state index < -0.39 is 9.84 Å². The van der Waals surface area contributed by atoms with E-state index in [9.17, 15) is 8.42 Å². The second-order valence-corrected chi connectivity index (χ2v) is 8.72. The number of nitrogens with zero attached hydrogens (tertiary/aromatic N) is 2. The minimum Gasteiger partial charge on any atom is -0.327 e. The van der Waals surface area contributed by atoms with Crippen molar-refractivity contribution in [3.8, 4) is 0 Å². The molecule has 1 N–H and O–H groups in total. The number of nitrogens with one attached hydrogen (secondary N) is 1. The van der Waals surface area contributed by atoms with Gasteiger partial charge in [0.2, 0.25) is 9.84 Å². The van der Waals surface area contributed by atoms with Crippen LogP contribution in [0.1, 0.15) is 12.5 Å². The fourth-order valence-corrected chi connectivity index (χ4v) is 5.23. The normalized spacial score (nSPS) is 18.3. The summed E-state index contributed by atoms with van der Waals surface area (Å²) in [6.45, 7) is 1.77. The average Bonchev–Trinajstić information content (AvgIpc) is 3.22. The molecule has 1 aliphatic heterocycles. The van der Waals surface area contributed by atoms with Gasteiger partial charge in [0, 0.05) is 34.8 Å². The molecule has 0 saturated carbocycles. The number of hydrogen-bond donors (Lipinski definition) is 1. The van der Waals surface area contributed by atoms with E-state index in [-0.39, 0.29) is 10.9 Å². The molecule has 0 spiro atoms. The van der Waals surface area contributed by atoms with Gasteiger partial charge >= 0.3 is 0 Å². The van der Waals surface area contributed by atoms with Gasteiger partial charge in [0.15, 0.2) is 0 Å². The van der Waals surface area contributed by atoms with Crippen molar-refractivity contribution in [2.75, 3.05) is 13.1 Å². The average molecular weight is 406 g/mol. The summed E-state index contributed by atoms with van der Waals surface area (Å²) in [7, 11) is -3.61. The molecule has 124 valence electrons. The maximum atomic E-state index is 13.2. The van der Waals surface area contributed by atoms with Crippen LogP contribution < -0.4 is 5.32 Å². The summed E-state index contributed by atoms with van der Waals surface area (Å²) in [4.78, 5) is 5.03. The molecule has 0 radical (unpaired) electrons. The fraction of sp³-hybridized carbons (Fsp3) is 0.235. The molecule has 3 heterocycles. The second kappa shape index (κ2) is 5.98. The molecule has 24 heavy (non-hydrogen) atoms. The van der Waals surface area contributed by atoms with Crippen LogP contribution in [0.2, 0.25) is 0 Å². The summed E-state index contributed by atoms with van der Waals surface area (Å²) in [6.07, 6.45) is 4.42. The number of benzene rings is 1. The van der Waals surface area contributed by atoms with E-state index in [0.717, 1.165) is 29.6 Å². The van der Waals surface area contributed by atoms with Gasteiger partial charge in [0.25, 0.3) is 0 Å². The molecular weight excluding hydrogens is 390 g/mol. The first-order valence-electron chi connectivity index (χ1n) is 7.74. The lowest BCUT2D eigenvalue weighted by atomic mass is 10.2. The highest BCUT2D eigenvalue weighted by molar-refractivity contribution is 9.10. The molecule has 0 amide bonds. The summed E-state index contributed by atoms with van der Waals surface area (Å²) >= 11 is 3.35. The van der Waals surface area contributed by atoms with Crippen LogP contribution >= 0.6 is 15.9 Å². The van der Waals surface area contributed by atoms with Gasteiger partial charge in [-0.15, -0.1) is 0 Å². The standard InChI is InChI=1S/C17H16BrN3O2S/c18-12-3-1-4-14(9-12)24(22,23)16-11-21(13-6-8-19-10-13)17-15(16)5-2-7-20-17/h1-5,7,9,11,13,19H,6,8,10H2.